The van der Waals surface area contributed by atoms with E-state index in [2.05, 4.69) is 13.0 Å². The van der Waals surface area contributed by atoms with E-state index in [9.17, 15) is 4.79 Å². The van der Waals surface area contributed by atoms with Gasteiger partial charge in [-0.1, -0.05) is 24.3 Å². The SMILES string of the molecule is CC1c2ccccc2CC(=O)N1C. The van der Waals surface area contributed by atoms with Crippen LogP contribution in [0.2, 0.25) is 0 Å². The fourth-order valence-corrected chi connectivity index (χ4v) is 1.81. The van der Waals surface area contributed by atoms with Gasteiger partial charge in [0.2, 0.25) is 5.91 Å². The van der Waals surface area contributed by atoms with Gasteiger partial charge in [0.15, 0.2) is 0 Å². The Bertz CT molecular complexity index is 346. The smallest absolute Gasteiger partial charge is 0.227 e. The van der Waals surface area contributed by atoms with E-state index in [0.717, 1.165) is 0 Å². The monoisotopic (exact) mass is 175 g/mol. The summed E-state index contributed by atoms with van der Waals surface area (Å²) in [6, 6.07) is 8.38. The molecule has 0 N–H and O–H groups in total. The standard InChI is InChI=1S/C11H13NO/c1-8-10-6-4-3-5-9(10)7-11(13)12(8)2/h3-6,8H,7H2,1-2H3. The van der Waals surface area contributed by atoms with Crippen molar-refractivity contribution in [1.82, 2.24) is 4.90 Å². The van der Waals surface area contributed by atoms with E-state index in [1.807, 2.05) is 30.1 Å². The molecule has 1 heterocycles. The number of rotatable bonds is 0. The van der Waals surface area contributed by atoms with Crippen molar-refractivity contribution in [2.24, 2.45) is 0 Å². The summed E-state index contributed by atoms with van der Waals surface area (Å²) in [6.07, 6.45) is 0.553. The quantitative estimate of drug-likeness (QED) is 0.588. The van der Waals surface area contributed by atoms with Crippen molar-refractivity contribution in [2.75, 3.05) is 7.05 Å². The molecule has 68 valence electrons. The second-order valence-corrected chi connectivity index (χ2v) is 3.56. The number of carbonyl (C=O) groups is 1. The fourth-order valence-electron chi connectivity index (χ4n) is 1.81. The lowest BCUT2D eigenvalue weighted by molar-refractivity contribution is -0.132. The van der Waals surface area contributed by atoms with Gasteiger partial charge in [0, 0.05) is 7.05 Å². The van der Waals surface area contributed by atoms with Gasteiger partial charge >= 0.3 is 0 Å². The largest absolute Gasteiger partial charge is 0.339 e. The molecule has 2 nitrogen and oxygen atoms in total. The van der Waals surface area contributed by atoms with Gasteiger partial charge in [0.25, 0.3) is 0 Å². The number of fused-ring (bicyclic) bond motifs is 1. The van der Waals surface area contributed by atoms with E-state index in [-0.39, 0.29) is 11.9 Å². The molecular weight excluding hydrogens is 162 g/mol. The maximum atomic E-state index is 11.5. The molecule has 1 aromatic rings. The molecule has 0 spiro atoms. The molecule has 0 fully saturated rings. The zero-order valence-corrected chi connectivity index (χ0v) is 7.95. The molecule has 0 radical (unpaired) electrons. The van der Waals surface area contributed by atoms with Gasteiger partial charge in [0.1, 0.15) is 0 Å². The van der Waals surface area contributed by atoms with Crippen molar-refractivity contribution in [3.05, 3.63) is 35.4 Å². The minimum Gasteiger partial charge on any atom is -0.339 e. The lowest BCUT2D eigenvalue weighted by atomic mass is 9.94. The summed E-state index contributed by atoms with van der Waals surface area (Å²) in [5.74, 6) is 0.214. The summed E-state index contributed by atoms with van der Waals surface area (Å²) >= 11 is 0. The van der Waals surface area contributed by atoms with Crippen molar-refractivity contribution >= 4 is 5.91 Å². The highest BCUT2D eigenvalue weighted by Crippen LogP contribution is 2.27. The predicted octanol–water partition coefficient (Wildman–Crippen LogP) is 1.76. The van der Waals surface area contributed by atoms with Crippen molar-refractivity contribution in [2.45, 2.75) is 19.4 Å². The van der Waals surface area contributed by atoms with Crippen LogP contribution < -0.4 is 0 Å². The van der Waals surface area contributed by atoms with Crippen LogP contribution in [0.1, 0.15) is 24.1 Å². The maximum Gasteiger partial charge on any atom is 0.227 e. The van der Waals surface area contributed by atoms with E-state index in [0.29, 0.717) is 6.42 Å². The first-order valence-corrected chi connectivity index (χ1v) is 4.53. The Morgan fingerprint density at radius 1 is 1.38 bits per heavy atom. The zero-order valence-electron chi connectivity index (χ0n) is 7.95. The summed E-state index contributed by atoms with van der Waals surface area (Å²) in [5, 5.41) is 0. The molecule has 0 aliphatic carbocycles. The van der Waals surface area contributed by atoms with Crippen LogP contribution in [-0.2, 0) is 11.2 Å². The van der Waals surface area contributed by atoms with Crippen molar-refractivity contribution in [3.8, 4) is 0 Å². The third kappa shape index (κ3) is 1.22. The highest BCUT2D eigenvalue weighted by Gasteiger charge is 2.25. The van der Waals surface area contributed by atoms with E-state index in [1.165, 1.54) is 11.1 Å². The number of benzene rings is 1. The van der Waals surface area contributed by atoms with Gasteiger partial charge in [-0.3, -0.25) is 4.79 Å². The molecule has 1 aliphatic heterocycles. The number of likely N-dealkylation sites (N-methyl/N-ethyl adjacent to an activating group) is 1. The van der Waals surface area contributed by atoms with Crippen LogP contribution in [0.4, 0.5) is 0 Å². The third-order valence-corrected chi connectivity index (χ3v) is 2.82. The number of amides is 1. The molecule has 2 rings (SSSR count). The molecule has 0 saturated carbocycles. The Kier molecular flexibility index (Phi) is 1.83. The molecular formula is C11H13NO. The van der Waals surface area contributed by atoms with Gasteiger partial charge in [-0.15, -0.1) is 0 Å². The van der Waals surface area contributed by atoms with E-state index < -0.39 is 0 Å². The van der Waals surface area contributed by atoms with E-state index in [4.69, 9.17) is 0 Å². The Balaban J connectivity index is 2.49. The lowest BCUT2D eigenvalue weighted by Gasteiger charge is -2.31. The Morgan fingerprint density at radius 2 is 2.08 bits per heavy atom. The zero-order chi connectivity index (χ0) is 9.42. The number of nitrogens with zero attached hydrogens (tertiary/aromatic N) is 1. The molecule has 1 atom stereocenters. The van der Waals surface area contributed by atoms with Gasteiger partial charge in [-0.05, 0) is 18.1 Å². The predicted molar refractivity (Wildman–Crippen MR) is 51.3 cm³/mol. The second-order valence-electron chi connectivity index (χ2n) is 3.56. The maximum absolute atomic E-state index is 11.5. The minimum absolute atomic E-state index is 0.214. The van der Waals surface area contributed by atoms with E-state index >= 15 is 0 Å². The molecule has 1 amide bonds. The van der Waals surface area contributed by atoms with Gasteiger partial charge < -0.3 is 4.90 Å². The minimum atomic E-state index is 0.214. The van der Waals surface area contributed by atoms with Crippen molar-refractivity contribution < 1.29 is 4.79 Å². The first-order valence-electron chi connectivity index (χ1n) is 4.53. The Hall–Kier alpha value is -1.31. The summed E-state index contributed by atoms with van der Waals surface area (Å²) in [4.78, 5) is 13.3. The van der Waals surface area contributed by atoms with Gasteiger partial charge in [-0.25, -0.2) is 0 Å². The Labute approximate surface area is 78.2 Å². The lowest BCUT2D eigenvalue weighted by Crippen LogP contribution is -2.35. The van der Waals surface area contributed by atoms with Crippen molar-refractivity contribution in [3.63, 3.8) is 0 Å². The summed E-state index contributed by atoms with van der Waals surface area (Å²) in [7, 11) is 1.86. The molecule has 1 unspecified atom stereocenters. The number of hydrogen-bond acceptors (Lipinski definition) is 1. The summed E-state index contributed by atoms with van der Waals surface area (Å²) in [5.41, 5.74) is 2.46. The second kappa shape index (κ2) is 2.87. The first kappa shape index (κ1) is 8.30. The molecule has 0 aromatic heterocycles. The van der Waals surface area contributed by atoms with Crippen LogP contribution in [-0.4, -0.2) is 17.9 Å². The first-order chi connectivity index (χ1) is 6.20. The van der Waals surface area contributed by atoms with Crippen LogP contribution in [0, 0.1) is 0 Å². The average Bonchev–Trinajstić information content (AvgIpc) is 2.15. The number of hydrogen-bond donors (Lipinski definition) is 0. The van der Waals surface area contributed by atoms with Crippen LogP contribution in [0.3, 0.4) is 0 Å². The topological polar surface area (TPSA) is 20.3 Å². The highest BCUT2D eigenvalue weighted by molar-refractivity contribution is 5.81. The third-order valence-electron chi connectivity index (χ3n) is 2.82. The summed E-state index contributed by atoms with van der Waals surface area (Å²) < 4.78 is 0. The number of carbonyl (C=O) groups excluding carboxylic acids is 1. The molecule has 0 bridgehead atoms. The van der Waals surface area contributed by atoms with Crippen LogP contribution in [0.5, 0.6) is 0 Å². The fraction of sp³-hybridized carbons (Fsp3) is 0.364. The molecule has 2 heteroatoms. The highest BCUT2D eigenvalue weighted by atomic mass is 16.2. The van der Waals surface area contributed by atoms with Gasteiger partial charge in [0.05, 0.1) is 12.5 Å². The molecule has 1 aliphatic rings. The normalized spacial score (nSPS) is 21.5. The van der Waals surface area contributed by atoms with Crippen LogP contribution >= 0.6 is 0 Å². The Morgan fingerprint density at radius 3 is 2.85 bits per heavy atom. The molecule has 1 aromatic carbocycles. The van der Waals surface area contributed by atoms with Gasteiger partial charge in [-0.2, -0.15) is 0 Å². The molecule has 0 saturated heterocycles. The summed E-state index contributed by atoms with van der Waals surface area (Å²) in [6.45, 7) is 2.07. The average molecular weight is 175 g/mol. The molecule has 13 heavy (non-hydrogen) atoms. The van der Waals surface area contributed by atoms with Crippen LogP contribution in [0.15, 0.2) is 24.3 Å². The van der Waals surface area contributed by atoms with Crippen LogP contribution in [0.25, 0.3) is 0 Å². The van der Waals surface area contributed by atoms with E-state index in [1.54, 1.807) is 0 Å². The van der Waals surface area contributed by atoms with Crippen molar-refractivity contribution in [1.29, 1.82) is 0 Å².